The van der Waals surface area contributed by atoms with E-state index in [0.717, 1.165) is 18.8 Å². The lowest BCUT2D eigenvalue weighted by atomic mass is 9.81. The standard InChI is InChI=1S/C40H14/c1-10-2-13-3-12-5-15-7-17-18-9-40(18)8-16-6-14-4-11(1)20-19(10)27-23(13)28-21(12)22(15)31-26(17)38-37-35-30(25(16)39(38)40)24(14)29(20)33(35)32(27)34(28)36(31)37/h2-4,6-7,18H,1,5,8-9H2. The van der Waals surface area contributed by atoms with Crippen LogP contribution in [0.25, 0.3) is 118 Å². The van der Waals surface area contributed by atoms with Crippen molar-refractivity contribution in [3.05, 3.63) is 69.3 Å². The molecule has 0 heteroatoms. The molecule has 12 aromatic carbocycles. The van der Waals surface area contributed by atoms with Crippen molar-refractivity contribution in [1.82, 2.24) is 0 Å². The lowest BCUT2D eigenvalue weighted by Crippen LogP contribution is -2.11. The number of benzene rings is 9. The fraction of sp³-hybridized carbons (Fsp3) is 0.150. The summed E-state index contributed by atoms with van der Waals surface area (Å²) in [7, 11) is 0. The molecule has 40 heavy (non-hydrogen) atoms. The summed E-state index contributed by atoms with van der Waals surface area (Å²) in [5, 5.41) is 36.1. The van der Waals surface area contributed by atoms with Crippen molar-refractivity contribution in [2.24, 2.45) is 0 Å². The fourth-order valence-electron chi connectivity index (χ4n) is 13.3. The average Bonchev–Trinajstić information content (AvgIpc) is 3.48. The summed E-state index contributed by atoms with van der Waals surface area (Å²) in [6.07, 6.45) is 4.86. The van der Waals surface area contributed by atoms with Gasteiger partial charge in [0.1, 0.15) is 0 Å². The van der Waals surface area contributed by atoms with Gasteiger partial charge in [-0.1, -0.05) is 30.3 Å². The van der Waals surface area contributed by atoms with Gasteiger partial charge < -0.3 is 0 Å². The lowest BCUT2D eigenvalue weighted by Gasteiger charge is -2.21. The van der Waals surface area contributed by atoms with E-state index in [1.807, 2.05) is 0 Å². The summed E-state index contributed by atoms with van der Waals surface area (Å²) in [5.74, 6) is 0.718. The molecule has 0 nitrogen and oxygen atoms in total. The van der Waals surface area contributed by atoms with Crippen LogP contribution >= 0.6 is 0 Å². The summed E-state index contributed by atoms with van der Waals surface area (Å²) >= 11 is 0. The van der Waals surface area contributed by atoms with Crippen molar-refractivity contribution < 1.29 is 0 Å². The van der Waals surface area contributed by atoms with Crippen molar-refractivity contribution in [3.63, 3.8) is 0 Å². The average molecular weight is 495 g/mol. The molecule has 174 valence electrons. The highest BCUT2D eigenvalue weighted by Crippen LogP contribution is 2.76. The molecule has 5 aliphatic carbocycles. The third-order valence-electron chi connectivity index (χ3n) is 14.1. The Bertz CT molecular complexity index is 3350. The van der Waals surface area contributed by atoms with Gasteiger partial charge in [-0.3, -0.25) is 0 Å². The van der Waals surface area contributed by atoms with Gasteiger partial charge in [-0.15, -0.1) is 0 Å². The van der Waals surface area contributed by atoms with E-state index < -0.39 is 0 Å². The van der Waals surface area contributed by atoms with Crippen LogP contribution in [0.3, 0.4) is 0 Å². The normalized spacial score (nSPS) is 23.9. The Morgan fingerprint density at radius 2 is 0.850 bits per heavy atom. The molecule has 2 unspecified atom stereocenters. The summed E-state index contributed by atoms with van der Waals surface area (Å²) in [6.45, 7) is 0. The molecule has 1 spiro atoms. The largest absolute Gasteiger partial charge is 0.0539 e. The van der Waals surface area contributed by atoms with Crippen LogP contribution in [0.1, 0.15) is 51.3 Å². The summed E-state index contributed by atoms with van der Waals surface area (Å²) in [4.78, 5) is 0. The van der Waals surface area contributed by atoms with Crippen LogP contribution in [0, 0.1) is 0 Å². The van der Waals surface area contributed by atoms with Gasteiger partial charge in [0.2, 0.25) is 0 Å². The molecule has 2 atom stereocenters. The Balaban J connectivity index is 1.49. The maximum atomic E-state index is 2.73. The third-order valence-corrected chi connectivity index (χ3v) is 14.1. The summed E-state index contributed by atoms with van der Waals surface area (Å²) in [5.41, 5.74) is 12.0. The zero-order valence-corrected chi connectivity index (χ0v) is 21.3. The molecule has 0 amide bonds. The number of rotatable bonds is 0. The second-order valence-electron chi connectivity index (χ2n) is 15.0. The van der Waals surface area contributed by atoms with Crippen LogP contribution in [0.2, 0.25) is 0 Å². The van der Waals surface area contributed by atoms with Crippen LogP contribution in [0.4, 0.5) is 0 Å². The minimum atomic E-state index is 0.365. The van der Waals surface area contributed by atoms with E-state index in [2.05, 4.69) is 30.3 Å². The fourth-order valence-corrected chi connectivity index (χ4v) is 13.3. The Labute approximate surface area is 224 Å². The topological polar surface area (TPSA) is 0 Å². The van der Waals surface area contributed by atoms with Crippen molar-refractivity contribution in [1.29, 1.82) is 0 Å². The minimum Gasteiger partial charge on any atom is -0.0539 e. The third kappa shape index (κ3) is 1.01. The predicted octanol–water partition coefficient (Wildman–Crippen LogP) is 9.98. The molecular formula is C40H14. The van der Waals surface area contributed by atoms with Gasteiger partial charge in [0.05, 0.1) is 0 Å². The molecule has 1 saturated carbocycles. The molecule has 1 fully saturated rings. The smallest absolute Gasteiger partial charge is 0.00814 e. The van der Waals surface area contributed by atoms with Crippen LogP contribution in [-0.4, -0.2) is 0 Å². The van der Waals surface area contributed by atoms with Gasteiger partial charge >= 0.3 is 0 Å². The van der Waals surface area contributed by atoms with E-state index in [0.29, 0.717) is 5.41 Å². The molecule has 5 aliphatic rings. The van der Waals surface area contributed by atoms with Crippen LogP contribution in [-0.2, 0) is 24.7 Å². The summed E-state index contributed by atoms with van der Waals surface area (Å²) in [6, 6.07) is 13.3. The molecule has 0 radical (unpaired) electrons. The van der Waals surface area contributed by atoms with Gasteiger partial charge in [0.15, 0.2) is 0 Å². The summed E-state index contributed by atoms with van der Waals surface area (Å²) < 4.78 is 0. The van der Waals surface area contributed by atoms with E-state index in [4.69, 9.17) is 0 Å². The number of fused-ring (bicyclic) bond motifs is 1. The molecule has 0 N–H and O–H groups in total. The Morgan fingerprint density at radius 1 is 0.400 bits per heavy atom. The highest BCUT2D eigenvalue weighted by atomic mass is 14.7. The molecule has 0 saturated heterocycles. The molecule has 0 aromatic heterocycles. The first kappa shape index (κ1) is 16.0. The first-order valence-corrected chi connectivity index (χ1v) is 15.3. The van der Waals surface area contributed by atoms with E-state index in [1.165, 1.54) is 23.6 Å². The molecule has 12 aromatic rings. The highest BCUT2D eigenvalue weighted by molar-refractivity contribution is 6.65. The minimum absolute atomic E-state index is 0.365. The van der Waals surface area contributed by atoms with E-state index >= 15 is 0 Å². The Morgan fingerprint density at radius 3 is 1.45 bits per heavy atom. The monoisotopic (exact) mass is 494 g/mol. The Kier molecular flexibility index (Phi) is 1.54. The van der Waals surface area contributed by atoms with Crippen molar-refractivity contribution in [3.8, 4) is 0 Å². The molecule has 0 bridgehead atoms. The van der Waals surface area contributed by atoms with Crippen molar-refractivity contribution >= 4 is 118 Å². The van der Waals surface area contributed by atoms with Crippen LogP contribution in [0.15, 0.2) is 30.3 Å². The predicted molar refractivity (Wildman–Crippen MR) is 167 cm³/mol. The van der Waals surface area contributed by atoms with Gasteiger partial charge in [-0.2, -0.15) is 0 Å². The lowest BCUT2D eigenvalue weighted by molar-refractivity contribution is 0.695. The van der Waals surface area contributed by atoms with E-state index in [1.54, 1.807) is 147 Å². The second kappa shape index (κ2) is 3.85. The Hall–Kier alpha value is -4.42. The first-order valence-electron chi connectivity index (χ1n) is 15.3. The van der Waals surface area contributed by atoms with E-state index in [-0.39, 0.29) is 0 Å². The van der Waals surface area contributed by atoms with Crippen molar-refractivity contribution in [2.45, 2.75) is 37.0 Å². The molecule has 0 heterocycles. The molecule has 0 aliphatic heterocycles. The van der Waals surface area contributed by atoms with E-state index in [9.17, 15) is 0 Å². The molecule has 17 rings (SSSR count). The quantitative estimate of drug-likeness (QED) is 0.184. The van der Waals surface area contributed by atoms with Gasteiger partial charge in [-0.25, -0.2) is 0 Å². The second-order valence-corrected chi connectivity index (χ2v) is 15.0. The van der Waals surface area contributed by atoms with Crippen molar-refractivity contribution in [2.75, 3.05) is 0 Å². The van der Waals surface area contributed by atoms with Crippen LogP contribution < -0.4 is 0 Å². The van der Waals surface area contributed by atoms with Gasteiger partial charge in [0.25, 0.3) is 0 Å². The van der Waals surface area contributed by atoms with Gasteiger partial charge in [-0.05, 0) is 189 Å². The number of hydrogen-bond acceptors (Lipinski definition) is 0. The number of hydrogen-bond donors (Lipinski definition) is 0. The maximum absolute atomic E-state index is 2.73. The SMILES string of the molecule is c1c2c3c4c5c6c(cc7cc8c9c%10c(cc%11cc%12c%13c(c1C%12)c3c1c4c3c6c7c9c3c3c%10c%11c%13c13)C8)CC51CC21. The van der Waals surface area contributed by atoms with Gasteiger partial charge in [0, 0.05) is 5.41 Å². The molecular weight excluding hydrogens is 480 g/mol. The highest BCUT2D eigenvalue weighted by Gasteiger charge is 2.63. The zero-order valence-electron chi connectivity index (χ0n) is 21.3. The zero-order chi connectivity index (χ0) is 24.2. The first-order chi connectivity index (χ1) is 19.8. The maximum Gasteiger partial charge on any atom is 0.00814 e. The van der Waals surface area contributed by atoms with Crippen LogP contribution in [0.5, 0.6) is 0 Å².